The first-order valence-corrected chi connectivity index (χ1v) is 7.21. The van der Waals surface area contributed by atoms with Crippen molar-refractivity contribution in [2.45, 2.75) is 45.1 Å². The number of nitrogens with zero attached hydrogens (tertiary/aromatic N) is 3. The van der Waals surface area contributed by atoms with Crippen molar-refractivity contribution in [2.24, 2.45) is 0 Å². The topological polar surface area (TPSA) is 61.3 Å². The molecule has 5 heteroatoms. The zero-order valence-electron chi connectivity index (χ0n) is 11.9. The molecule has 0 spiro atoms. The number of nitrogens with one attached hydrogen (secondary N) is 1. The van der Waals surface area contributed by atoms with Gasteiger partial charge in [-0.15, -0.1) is 0 Å². The quantitative estimate of drug-likeness (QED) is 0.820. The number of aliphatic hydroxyl groups is 1. The van der Waals surface area contributed by atoms with Gasteiger partial charge in [0.15, 0.2) is 0 Å². The summed E-state index contributed by atoms with van der Waals surface area (Å²) in [5, 5.41) is 12.1. The van der Waals surface area contributed by atoms with Crippen molar-refractivity contribution in [2.75, 3.05) is 30.4 Å². The Bertz CT molecular complexity index is 388. The Kier molecular flexibility index (Phi) is 4.96. The van der Waals surface area contributed by atoms with Crippen molar-refractivity contribution in [1.29, 1.82) is 0 Å². The third kappa shape index (κ3) is 3.35. The van der Waals surface area contributed by atoms with Gasteiger partial charge in [0.2, 0.25) is 0 Å². The van der Waals surface area contributed by atoms with Crippen LogP contribution in [0.1, 0.15) is 38.4 Å². The molecule has 0 saturated carbocycles. The molecule has 106 valence electrons. The fourth-order valence-corrected chi connectivity index (χ4v) is 2.68. The number of aromatic nitrogens is 2. The van der Waals surface area contributed by atoms with Gasteiger partial charge in [0, 0.05) is 38.7 Å². The van der Waals surface area contributed by atoms with Gasteiger partial charge >= 0.3 is 0 Å². The van der Waals surface area contributed by atoms with E-state index >= 15 is 0 Å². The van der Waals surface area contributed by atoms with Crippen molar-refractivity contribution in [3.8, 4) is 0 Å². The predicted molar refractivity (Wildman–Crippen MR) is 77.6 cm³/mol. The normalized spacial score (nSPS) is 18.9. The lowest BCUT2D eigenvalue weighted by Gasteiger charge is -2.26. The number of anilines is 2. The monoisotopic (exact) mass is 264 g/mol. The van der Waals surface area contributed by atoms with Gasteiger partial charge in [-0.1, -0.05) is 6.92 Å². The van der Waals surface area contributed by atoms with E-state index in [1.165, 1.54) is 12.8 Å². The van der Waals surface area contributed by atoms with E-state index in [0.717, 1.165) is 43.3 Å². The molecule has 1 aliphatic heterocycles. The average Bonchev–Trinajstić information content (AvgIpc) is 2.92. The lowest BCUT2D eigenvalue weighted by atomic mass is 10.1. The fourth-order valence-electron chi connectivity index (χ4n) is 2.68. The Morgan fingerprint density at radius 3 is 3.00 bits per heavy atom. The minimum absolute atomic E-state index is 0.274. The molecule has 0 radical (unpaired) electrons. The first kappa shape index (κ1) is 14.1. The molecule has 0 amide bonds. The highest BCUT2D eigenvalue weighted by Crippen LogP contribution is 2.28. The molecular weight excluding hydrogens is 240 g/mol. The summed E-state index contributed by atoms with van der Waals surface area (Å²) >= 11 is 0. The van der Waals surface area contributed by atoms with E-state index in [1.807, 2.05) is 13.1 Å². The van der Waals surface area contributed by atoms with Crippen LogP contribution in [-0.2, 0) is 6.42 Å². The van der Waals surface area contributed by atoms with Gasteiger partial charge in [0.05, 0.1) is 0 Å². The van der Waals surface area contributed by atoms with Crippen LogP contribution < -0.4 is 10.2 Å². The molecule has 0 bridgehead atoms. The zero-order chi connectivity index (χ0) is 13.7. The lowest BCUT2D eigenvalue weighted by Crippen LogP contribution is -2.30. The van der Waals surface area contributed by atoms with E-state index in [0.29, 0.717) is 6.04 Å². The van der Waals surface area contributed by atoms with Crippen molar-refractivity contribution in [3.63, 3.8) is 0 Å². The largest absolute Gasteiger partial charge is 0.396 e. The van der Waals surface area contributed by atoms with Gasteiger partial charge < -0.3 is 15.3 Å². The SMILES string of the molecule is CCc1nc(NC)cc(N2CCCC2CCCO)n1. The lowest BCUT2D eigenvalue weighted by molar-refractivity contribution is 0.279. The average molecular weight is 264 g/mol. The van der Waals surface area contributed by atoms with Crippen LogP contribution in [0, 0.1) is 0 Å². The summed E-state index contributed by atoms with van der Waals surface area (Å²) in [6.45, 7) is 3.40. The predicted octanol–water partition coefficient (Wildman–Crippen LogP) is 1.82. The summed E-state index contributed by atoms with van der Waals surface area (Å²) in [5.41, 5.74) is 0. The molecule has 5 nitrogen and oxygen atoms in total. The zero-order valence-corrected chi connectivity index (χ0v) is 11.9. The van der Waals surface area contributed by atoms with Gasteiger partial charge in [-0.2, -0.15) is 0 Å². The first-order chi connectivity index (χ1) is 9.28. The van der Waals surface area contributed by atoms with Crippen LogP contribution in [-0.4, -0.2) is 41.3 Å². The van der Waals surface area contributed by atoms with Crippen LogP contribution in [0.4, 0.5) is 11.6 Å². The van der Waals surface area contributed by atoms with Gasteiger partial charge in [0.25, 0.3) is 0 Å². The molecule has 1 unspecified atom stereocenters. The minimum Gasteiger partial charge on any atom is -0.396 e. The van der Waals surface area contributed by atoms with E-state index < -0.39 is 0 Å². The van der Waals surface area contributed by atoms with Gasteiger partial charge in [-0.05, 0) is 25.7 Å². The number of rotatable bonds is 6. The van der Waals surface area contributed by atoms with E-state index in [-0.39, 0.29) is 6.61 Å². The second kappa shape index (κ2) is 6.70. The molecule has 19 heavy (non-hydrogen) atoms. The molecule has 0 aliphatic carbocycles. The maximum atomic E-state index is 8.99. The molecule has 1 aromatic rings. The third-order valence-electron chi connectivity index (χ3n) is 3.70. The second-order valence-corrected chi connectivity index (χ2v) is 4.99. The molecule has 1 atom stereocenters. The minimum atomic E-state index is 0.274. The summed E-state index contributed by atoms with van der Waals surface area (Å²) in [5.74, 6) is 2.79. The van der Waals surface area contributed by atoms with Crippen LogP contribution in [0.2, 0.25) is 0 Å². The second-order valence-electron chi connectivity index (χ2n) is 4.99. The van der Waals surface area contributed by atoms with Crippen molar-refractivity contribution in [1.82, 2.24) is 9.97 Å². The molecule has 0 aromatic carbocycles. The highest BCUT2D eigenvalue weighted by molar-refractivity contribution is 5.50. The summed E-state index contributed by atoms with van der Waals surface area (Å²) in [4.78, 5) is 11.5. The molecular formula is C14H24N4O. The Morgan fingerprint density at radius 1 is 1.47 bits per heavy atom. The number of aliphatic hydroxyl groups excluding tert-OH is 1. The Labute approximate surface area is 115 Å². The molecule has 2 rings (SSSR count). The van der Waals surface area contributed by atoms with E-state index in [9.17, 15) is 0 Å². The molecule has 2 heterocycles. The third-order valence-corrected chi connectivity index (χ3v) is 3.70. The Hall–Kier alpha value is -1.36. The molecule has 1 saturated heterocycles. The molecule has 1 fully saturated rings. The summed E-state index contributed by atoms with van der Waals surface area (Å²) < 4.78 is 0. The van der Waals surface area contributed by atoms with Crippen LogP contribution in [0.5, 0.6) is 0 Å². The van der Waals surface area contributed by atoms with Crippen molar-refractivity contribution < 1.29 is 5.11 Å². The van der Waals surface area contributed by atoms with Crippen molar-refractivity contribution in [3.05, 3.63) is 11.9 Å². The summed E-state index contributed by atoms with van der Waals surface area (Å²) in [6, 6.07) is 2.53. The fraction of sp³-hybridized carbons (Fsp3) is 0.714. The van der Waals surface area contributed by atoms with Crippen molar-refractivity contribution >= 4 is 11.6 Å². The van der Waals surface area contributed by atoms with Crippen LogP contribution in [0.15, 0.2) is 6.07 Å². The Morgan fingerprint density at radius 2 is 2.32 bits per heavy atom. The molecule has 2 N–H and O–H groups in total. The number of hydrogen-bond acceptors (Lipinski definition) is 5. The highest BCUT2D eigenvalue weighted by atomic mass is 16.2. The molecule has 1 aromatic heterocycles. The summed E-state index contributed by atoms with van der Waals surface area (Å²) in [7, 11) is 1.89. The van der Waals surface area contributed by atoms with Gasteiger partial charge in [0.1, 0.15) is 17.5 Å². The van der Waals surface area contributed by atoms with E-state index in [1.54, 1.807) is 0 Å². The van der Waals surface area contributed by atoms with Gasteiger partial charge in [-0.25, -0.2) is 9.97 Å². The van der Waals surface area contributed by atoms with E-state index in [2.05, 4.69) is 27.1 Å². The number of aryl methyl sites for hydroxylation is 1. The van der Waals surface area contributed by atoms with Gasteiger partial charge in [-0.3, -0.25) is 0 Å². The standard InChI is InChI=1S/C14H24N4O/c1-3-12-16-13(15-2)10-14(17-12)18-8-4-6-11(18)7-5-9-19/h10-11,19H,3-9H2,1-2H3,(H,15,16,17). The Balaban J connectivity index is 2.19. The van der Waals surface area contributed by atoms with Crippen LogP contribution in [0.3, 0.4) is 0 Å². The van der Waals surface area contributed by atoms with Crippen LogP contribution in [0.25, 0.3) is 0 Å². The smallest absolute Gasteiger partial charge is 0.134 e. The maximum Gasteiger partial charge on any atom is 0.134 e. The highest BCUT2D eigenvalue weighted by Gasteiger charge is 2.25. The molecule has 1 aliphatic rings. The number of hydrogen-bond donors (Lipinski definition) is 2. The van der Waals surface area contributed by atoms with Crippen LogP contribution >= 0.6 is 0 Å². The maximum absolute atomic E-state index is 8.99. The van der Waals surface area contributed by atoms with E-state index in [4.69, 9.17) is 5.11 Å². The summed E-state index contributed by atoms with van der Waals surface area (Å²) in [6.07, 6.45) is 5.15. The first-order valence-electron chi connectivity index (χ1n) is 7.21.